The molecule has 0 radical (unpaired) electrons. The van der Waals surface area contributed by atoms with Crippen molar-refractivity contribution in [3.63, 3.8) is 0 Å². The zero-order valence-electron chi connectivity index (χ0n) is 16.3. The quantitative estimate of drug-likeness (QED) is 0.437. The summed E-state index contributed by atoms with van der Waals surface area (Å²) in [5, 5.41) is 0. The molecule has 0 N–H and O–H groups in total. The summed E-state index contributed by atoms with van der Waals surface area (Å²) >= 11 is 0. The second-order valence-corrected chi connectivity index (χ2v) is 7.88. The molecule has 0 aliphatic heterocycles. The van der Waals surface area contributed by atoms with Crippen LogP contribution in [0.5, 0.6) is 0 Å². The Morgan fingerprint density at radius 1 is 1.00 bits per heavy atom. The number of benzene rings is 2. The predicted octanol–water partition coefficient (Wildman–Crippen LogP) is 7.82. The lowest BCUT2D eigenvalue weighted by molar-refractivity contribution is 0.308. The molecule has 1 saturated carbocycles. The Morgan fingerprint density at radius 3 is 2.41 bits per heavy atom. The molecule has 144 valence electrons. The third-order valence-electron chi connectivity index (χ3n) is 5.99. The van der Waals surface area contributed by atoms with Gasteiger partial charge in [-0.1, -0.05) is 50.1 Å². The maximum atomic E-state index is 14.8. The fourth-order valence-electron chi connectivity index (χ4n) is 4.39. The Hall–Kier alpha value is -1.96. The monoisotopic (exact) mass is 368 g/mol. The molecule has 2 heteroatoms. The van der Waals surface area contributed by atoms with Crippen molar-refractivity contribution >= 4 is 0 Å². The first kappa shape index (κ1) is 19.8. The molecule has 1 fully saturated rings. The van der Waals surface area contributed by atoms with Crippen molar-refractivity contribution in [3.05, 3.63) is 71.8 Å². The summed E-state index contributed by atoms with van der Waals surface area (Å²) in [6.45, 7) is 5.92. The summed E-state index contributed by atoms with van der Waals surface area (Å²) in [4.78, 5) is 0. The molecule has 2 aromatic rings. The second kappa shape index (κ2) is 9.30. The van der Waals surface area contributed by atoms with Crippen molar-refractivity contribution in [3.8, 4) is 11.1 Å². The van der Waals surface area contributed by atoms with E-state index in [9.17, 15) is 8.78 Å². The molecule has 1 aliphatic carbocycles. The van der Waals surface area contributed by atoms with Crippen LogP contribution in [0, 0.1) is 17.6 Å². The Bertz CT molecular complexity index is 770. The molecule has 2 aromatic carbocycles. The van der Waals surface area contributed by atoms with E-state index in [0.717, 1.165) is 30.7 Å². The fraction of sp³-hybridized carbons (Fsp3) is 0.440. The van der Waals surface area contributed by atoms with Crippen molar-refractivity contribution in [1.82, 2.24) is 0 Å². The summed E-state index contributed by atoms with van der Waals surface area (Å²) in [7, 11) is 0. The zero-order valence-corrected chi connectivity index (χ0v) is 16.3. The van der Waals surface area contributed by atoms with Crippen LogP contribution in [-0.4, -0.2) is 0 Å². The van der Waals surface area contributed by atoms with Gasteiger partial charge in [0.2, 0.25) is 0 Å². The summed E-state index contributed by atoms with van der Waals surface area (Å²) in [5.74, 6) is 0.783. The summed E-state index contributed by atoms with van der Waals surface area (Å²) < 4.78 is 29.1. The van der Waals surface area contributed by atoms with Crippen molar-refractivity contribution in [2.24, 2.45) is 5.92 Å². The van der Waals surface area contributed by atoms with Crippen LogP contribution in [0.1, 0.15) is 68.9 Å². The van der Waals surface area contributed by atoms with Gasteiger partial charge in [-0.05, 0) is 79.2 Å². The molecule has 3 rings (SSSR count). The van der Waals surface area contributed by atoms with E-state index < -0.39 is 0 Å². The average molecular weight is 369 g/mol. The van der Waals surface area contributed by atoms with Crippen LogP contribution >= 0.6 is 0 Å². The maximum absolute atomic E-state index is 14.8. The largest absolute Gasteiger partial charge is 0.207 e. The maximum Gasteiger partial charge on any atom is 0.131 e. The Kier molecular flexibility index (Phi) is 6.82. The first-order chi connectivity index (χ1) is 13.1. The topological polar surface area (TPSA) is 0 Å². The molecule has 0 nitrogen and oxygen atoms in total. The van der Waals surface area contributed by atoms with E-state index >= 15 is 0 Å². The Labute approximate surface area is 162 Å². The predicted molar refractivity (Wildman–Crippen MR) is 110 cm³/mol. The van der Waals surface area contributed by atoms with Crippen LogP contribution in [0.4, 0.5) is 8.78 Å². The highest BCUT2D eigenvalue weighted by Gasteiger charge is 2.22. The van der Waals surface area contributed by atoms with Crippen LogP contribution in [0.25, 0.3) is 11.1 Å². The van der Waals surface area contributed by atoms with Gasteiger partial charge < -0.3 is 0 Å². The first-order valence-electron chi connectivity index (χ1n) is 10.3. The summed E-state index contributed by atoms with van der Waals surface area (Å²) in [6.07, 6.45) is 10.5. The molecule has 0 saturated heterocycles. The lowest BCUT2D eigenvalue weighted by Crippen LogP contribution is -2.13. The molecule has 0 spiro atoms. The van der Waals surface area contributed by atoms with Gasteiger partial charge in [0.15, 0.2) is 0 Å². The third kappa shape index (κ3) is 4.86. The van der Waals surface area contributed by atoms with E-state index in [-0.39, 0.29) is 11.6 Å². The van der Waals surface area contributed by atoms with Gasteiger partial charge in [-0.25, -0.2) is 8.78 Å². The Balaban J connectivity index is 1.73. The van der Waals surface area contributed by atoms with E-state index in [4.69, 9.17) is 0 Å². The summed E-state index contributed by atoms with van der Waals surface area (Å²) in [6, 6.07) is 10.6. The molecule has 0 unspecified atom stereocenters. The minimum absolute atomic E-state index is 0.249. The van der Waals surface area contributed by atoms with Gasteiger partial charge in [0.25, 0.3) is 0 Å². The number of halogens is 2. The van der Waals surface area contributed by atoms with E-state index in [1.54, 1.807) is 18.2 Å². The zero-order chi connectivity index (χ0) is 19.2. The number of hydrogen-bond donors (Lipinski definition) is 0. The fourth-order valence-corrected chi connectivity index (χ4v) is 4.39. The van der Waals surface area contributed by atoms with Crippen LogP contribution < -0.4 is 0 Å². The molecular formula is C25H30F2. The highest BCUT2D eigenvalue weighted by molar-refractivity contribution is 5.65. The Morgan fingerprint density at radius 2 is 1.78 bits per heavy atom. The molecule has 0 atom stereocenters. The van der Waals surface area contributed by atoms with E-state index in [0.29, 0.717) is 29.0 Å². The highest BCUT2D eigenvalue weighted by Crippen LogP contribution is 2.38. The third-order valence-corrected chi connectivity index (χ3v) is 5.99. The second-order valence-electron chi connectivity index (χ2n) is 7.88. The van der Waals surface area contributed by atoms with Crippen molar-refractivity contribution in [2.45, 2.75) is 64.2 Å². The number of rotatable bonds is 7. The minimum Gasteiger partial charge on any atom is -0.207 e. The minimum atomic E-state index is -0.271. The molecule has 0 aromatic heterocycles. The smallest absolute Gasteiger partial charge is 0.131 e. The van der Waals surface area contributed by atoms with Gasteiger partial charge in [0, 0.05) is 5.56 Å². The molecule has 27 heavy (non-hydrogen) atoms. The lowest BCUT2D eigenvalue weighted by atomic mass is 9.77. The molecule has 0 bridgehead atoms. The van der Waals surface area contributed by atoms with Gasteiger partial charge in [-0.3, -0.25) is 0 Å². The molecule has 0 heterocycles. The number of allylic oxidation sites excluding steroid dienone is 1. The van der Waals surface area contributed by atoms with Gasteiger partial charge in [-0.15, -0.1) is 6.58 Å². The molecule has 1 aliphatic rings. The number of hydrogen-bond acceptors (Lipinski definition) is 0. The van der Waals surface area contributed by atoms with Crippen molar-refractivity contribution in [1.29, 1.82) is 0 Å². The van der Waals surface area contributed by atoms with E-state index in [1.165, 1.54) is 31.7 Å². The standard InChI is InChI=1S/C25H30F2/c1-3-5-7-20-12-13-22(17-24(20)26)23-15-14-21(16-25(23)27)19-10-8-18(6-4-2)9-11-19/h3,12-19H,1,4-11H2,2H3. The van der Waals surface area contributed by atoms with E-state index in [2.05, 4.69) is 13.5 Å². The number of aryl methyl sites for hydroxylation is 1. The van der Waals surface area contributed by atoms with Gasteiger partial charge >= 0.3 is 0 Å². The lowest BCUT2D eigenvalue weighted by Gasteiger charge is -2.28. The van der Waals surface area contributed by atoms with Crippen molar-refractivity contribution < 1.29 is 8.78 Å². The van der Waals surface area contributed by atoms with Gasteiger partial charge in [0.05, 0.1) is 0 Å². The normalized spacial score (nSPS) is 19.8. The summed E-state index contributed by atoms with van der Waals surface area (Å²) in [5.41, 5.74) is 2.83. The van der Waals surface area contributed by atoms with Crippen molar-refractivity contribution in [2.75, 3.05) is 0 Å². The highest BCUT2D eigenvalue weighted by atomic mass is 19.1. The van der Waals surface area contributed by atoms with Crippen LogP contribution in [0.15, 0.2) is 49.1 Å². The molecular weight excluding hydrogens is 338 g/mol. The molecule has 0 amide bonds. The van der Waals surface area contributed by atoms with Gasteiger partial charge in [-0.2, -0.15) is 0 Å². The van der Waals surface area contributed by atoms with Crippen LogP contribution in [0.3, 0.4) is 0 Å². The van der Waals surface area contributed by atoms with Gasteiger partial charge in [0.1, 0.15) is 11.6 Å². The van der Waals surface area contributed by atoms with Crippen LogP contribution in [0.2, 0.25) is 0 Å². The SMILES string of the molecule is C=CCCc1ccc(-c2ccc(C3CCC(CCC)CC3)cc2F)cc1F. The first-order valence-corrected chi connectivity index (χ1v) is 10.3. The van der Waals surface area contributed by atoms with E-state index in [1.807, 2.05) is 18.2 Å². The van der Waals surface area contributed by atoms with Crippen LogP contribution in [-0.2, 0) is 6.42 Å². The average Bonchev–Trinajstić information content (AvgIpc) is 2.68.